The van der Waals surface area contributed by atoms with Crippen LogP contribution >= 0.6 is 22.7 Å². The molecule has 0 bridgehead atoms. The Morgan fingerprint density at radius 3 is 1.21 bits per heavy atom. The molecule has 108 valence electrons. The van der Waals surface area contributed by atoms with Gasteiger partial charge in [-0.25, -0.2) is 9.97 Å². The van der Waals surface area contributed by atoms with E-state index in [1.165, 1.54) is 21.4 Å². The fourth-order valence-electron chi connectivity index (χ4n) is 1.29. The molecule has 0 spiro atoms. The van der Waals surface area contributed by atoms with E-state index < -0.39 is 0 Å². The highest BCUT2D eigenvalue weighted by Gasteiger charge is 2.01. The van der Waals surface area contributed by atoms with Crippen molar-refractivity contribution in [2.45, 2.75) is 60.8 Å². The first-order valence-electron chi connectivity index (χ1n) is 6.24. The molecule has 19 heavy (non-hydrogen) atoms. The predicted octanol–water partition coefficient (Wildman–Crippen LogP) is 5.79. The first-order valence-corrected chi connectivity index (χ1v) is 8.00. The van der Waals surface area contributed by atoms with Crippen molar-refractivity contribution >= 4 is 22.7 Å². The molecule has 0 radical (unpaired) electrons. The van der Waals surface area contributed by atoms with Gasteiger partial charge in [0, 0.05) is 10.8 Å². The summed E-state index contributed by atoms with van der Waals surface area (Å²) in [6.07, 6.45) is 0. The molecule has 0 N–H and O–H groups in total. The van der Waals surface area contributed by atoms with Crippen molar-refractivity contribution in [3.8, 4) is 0 Å². The minimum atomic E-state index is 0. The number of thiazole rings is 2. The normalized spacial score (nSPS) is 10.1. The fourth-order valence-corrected chi connectivity index (χ4v) is 2.84. The molecule has 0 atom stereocenters. The zero-order chi connectivity index (χ0) is 13.7. The molecule has 2 heterocycles. The second-order valence-corrected chi connectivity index (χ2v) is 7.02. The Morgan fingerprint density at radius 1 is 0.789 bits per heavy atom. The van der Waals surface area contributed by atoms with Crippen LogP contribution in [0.15, 0.2) is 10.8 Å². The highest BCUT2D eigenvalue weighted by Crippen LogP contribution is 2.16. The summed E-state index contributed by atoms with van der Waals surface area (Å²) in [6, 6.07) is 0. The third kappa shape index (κ3) is 6.30. The van der Waals surface area contributed by atoms with Gasteiger partial charge in [0.25, 0.3) is 0 Å². The average Bonchev–Trinajstić information content (AvgIpc) is 2.88. The highest BCUT2D eigenvalue weighted by molar-refractivity contribution is 7.09. The molecule has 2 nitrogen and oxygen atoms in total. The Bertz CT molecular complexity index is 426. The number of aromatic nitrogens is 2. The monoisotopic (exact) mass is 298 g/mol. The molecule has 0 amide bonds. The van der Waals surface area contributed by atoms with E-state index in [0.29, 0.717) is 11.8 Å². The third-order valence-electron chi connectivity index (χ3n) is 2.46. The van der Waals surface area contributed by atoms with Gasteiger partial charge in [0.15, 0.2) is 0 Å². The van der Waals surface area contributed by atoms with E-state index >= 15 is 0 Å². The van der Waals surface area contributed by atoms with Crippen molar-refractivity contribution in [3.63, 3.8) is 0 Å². The van der Waals surface area contributed by atoms with Crippen LogP contribution in [0.25, 0.3) is 0 Å². The Morgan fingerprint density at radius 2 is 1.11 bits per heavy atom. The molecule has 2 aromatic heterocycles. The van der Waals surface area contributed by atoms with Gasteiger partial charge >= 0.3 is 0 Å². The van der Waals surface area contributed by atoms with E-state index in [0.717, 1.165) is 0 Å². The van der Waals surface area contributed by atoms with Crippen LogP contribution in [0, 0.1) is 13.8 Å². The molecule has 0 saturated carbocycles. The summed E-state index contributed by atoms with van der Waals surface area (Å²) in [6.45, 7) is 12.7. The fraction of sp³-hybridized carbons (Fsp3) is 0.600. The topological polar surface area (TPSA) is 25.8 Å². The van der Waals surface area contributed by atoms with Crippen LogP contribution in [0.4, 0.5) is 0 Å². The van der Waals surface area contributed by atoms with Crippen LogP contribution in [0.5, 0.6) is 0 Å². The number of aryl methyl sites for hydroxylation is 2. The SMILES string of the molecule is C.Cc1nc(C(C)C)cs1.Cc1nc(C(C)C)cs1. The molecule has 4 heteroatoms. The first kappa shape index (κ1) is 18.3. The van der Waals surface area contributed by atoms with E-state index in [9.17, 15) is 0 Å². The molecule has 0 saturated heterocycles. The lowest BCUT2D eigenvalue weighted by Gasteiger charge is -1.95. The van der Waals surface area contributed by atoms with Gasteiger partial charge in [0.05, 0.1) is 21.4 Å². The largest absolute Gasteiger partial charge is 0.246 e. The van der Waals surface area contributed by atoms with E-state index in [-0.39, 0.29) is 7.43 Å². The van der Waals surface area contributed by atoms with Gasteiger partial charge in [-0.05, 0) is 25.7 Å². The summed E-state index contributed by atoms with van der Waals surface area (Å²) >= 11 is 3.44. The standard InChI is InChI=1S/2C7H11NS.CH4/c2*1-5(2)7-4-9-6(3)8-7;/h2*4-5H,1-3H3;1H4. The maximum absolute atomic E-state index is 4.33. The van der Waals surface area contributed by atoms with Gasteiger partial charge in [-0.3, -0.25) is 0 Å². The number of hydrogen-bond acceptors (Lipinski definition) is 4. The molecule has 0 aliphatic carbocycles. The Labute approximate surface area is 126 Å². The number of nitrogens with zero attached hydrogens (tertiary/aromatic N) is 2. The lowest BCUT2D eigenvalue weighted by atomic mass is 10.2. The van der Waals surface area contributed by atoms with E-state index in [2.05, 4.69) is 48.4 Å². The Hall–Kier alpha value is -0.740. The predicted molar refractivity (Wildman–Crippen MR) is 88.6 cm³/mol. The second-order valence-electron chi connectivity index (χ2n) is 4.89. The van der Waals surface area contributed by atoms with E-state index in [1.807, 2.05) is 13.8 Å². The van der Waals surface area contributed by atoms with Crippen LogP contribution in [-0.2, 0) is 0 Å². The van der Waals surface area contributed by atoms with Gasteiger partial charge in [0.1, 0.15) is 0 Å². The summed E-state index contributed by atoms with van der Waals surface area (Å²) in [5.41, 5.74) is 2.44. The minimum absolute atomic E-state index is 0. The van der Waals surface area contributed by atoms with Crippen molar-refractivity contribution in [1.82, 2.24) is 9.97 Å². The van der Waals surface area contributed by atoms with Crippen LogP contribution in [0.1, 0.15) is 68.4 Å². The molecule has 0 aliphatic heterocycles. The Kier molecular flexibility index (Phi) is 8.11. The van der Waals surface area contributed by atoms with E-state index in [4.69, 9.17) is 0 Å². The summed E-state index contributed by atoms with van der Waals surface area (Å²) in [5.74, 6) is 1.16. The van der Waals surface area contributed by atoms with Gasteiger partial charge in [0.2, 0.25) is 0 Å². The molecule has 0 aliphatic rings. The zero-order valence-corrected chi connectivity index (χ0v) is 13.7. The van der Waals surface area contributed by atoms with Gasteiger partial charge < -0.3 is 0 Å². The van der Waals surface area contributed by atoms with Crippen LogP contribution in [-0.4, -0.2) is 9.97 Å². The first-order chi connectivity index (χ1) is 8.40. The second kappa shape index (κ2) is 8.43. The lowest BCUT2D eigenvalue weighted by Crippen LogP contribution is -1.85. The summed E-state index contributed by atoms with van der Waals surface area (Å²) in [4.78, 5) is 8.66. The van der Waals surface area contributed by atoms with Gasteiger partial charge in [-0.15, -0.1) is 22.7 Å². The summed E-state index contributed by atoms with van der Waals surface area (Å²) < 4.78 is 0. The van der Waals surface area contributed by atoms with Crippen molar-refractivity contribution in [2.75, 3.05) is 0 Å². The van der Waals surface area contributed by atoms with Crippen LogP contribution in [0.2, 0.25) is 0 Å². The van der Waals surface area contributed by atoms with Crippen molar-refractivity contribution in [2.24, 2.45) is 0 Å². The Balaban J connectivity index is 0.000000324. The lowest BCUT2D eigenvalue weighted by molar-refractivity contribution is 0.829. The van der Waals surface area contributed by atoms with Crippen LogP contribution in [0.3, 0.4) is 0 Å². The van der Waals surface area contributed by atoms with Gasteiger partial charge in [-0.2, -0.15) is 0 Å². The van der Waals surface area contributed by atoms with Crippen molar-refractivity contribution < 1.29 is 0 Å². The molecule has 0 fully saturated rings. The molecular weight excluding hydrogens is 272 g/mol. The van der Waals surface area contributed by atoms with Gasteiger partial charge in [-0.1, -0.05) is 35.1 Å². The molecule has 0 aromatic carbocycles. The quantitative estimate of drug-likeness (QED) is 0.701. The maximum Gasteiger partial charge on any atom is 0.0897 e. The minimum Gasteiger partial charge on any atom is -0.246 e. The smallest absolute Gasteiger partial charge is 0.0897 e. The molecule has 2 rings (SSSR count). The molecular formula is C15H26N2S2. The number of rotatable bonds is 2. The molecule has 0 unspecified atom stereocenters. The van der Waals surface area contributed by atoms with E-state index in [1.54, 1.807) is 22.7 Å². The highest BCUT2D eigenvalue weighted by atomic mass is 32.1. The summed E-state index contributed by atoms with van der Waals surface area (Å²) in [7, 11) is 0. The maximum atomic E-state index is 4.33. The van der Waals surface area contributed by atoms with Crippen molar-refractivity contribution in [3.05, 3.63) is 32.2 Å². The molecule has 2 aromatic rings. The van der Waals surface area contributed by atoms with Crippen LogP contribution < -0.4 is 0 Å². The number of hydrogen-bond donors (Lipinski definition) is 0. The third-order valence-corrected chi connectivity index (χ3v) is 4.04. The summed E-state index contributed by atoms with van der Waals surface area (Å²) in [5, 5.41) is 6.58. The average molecular weight is 299 g/mol. The van der Waals surface area contributed by atoms with Crippen molar-refractivity contribution in [1.29, 1.82) is 0 Å². The zero-order valence-electron chi connectivity index (χ0n) is 12.0.